The van der Waals surface area contributed by atoms with E-state index in [2.05, 4.69) is 10.1 Å². The Morgan fingerprint density at radius 2 is 2.05 bits per heavy atom. The smallest absolute Gasteiger partial charge is 0.309 e. The van der Waals surface area contributed by atoms with Crippen molar-refractivity contribution in [1.29, 1.82) is 0 Å². The van der Waals surface area contributed by atoms with E-state index in [9.17, 15) is 9.90 Å². The molecular formula is C14H19N3O2. The maximum absolute atomic E-state index is 11.8. The largest absolute Gasteiger partial charge is 0.481 e. The van der Waals surface area contributed by atoms with E-state index in [-0.39, 0.29) is 5.54 Å². The third kappa shape index (κ3) is 1.44. The molecule has 0 aliphatic heterocycles. The second kappa shape index (κ2) is 3.38. The zero-order valence-corrected chi connectivity index (χ0v) is 11.2. The van der Waals surface area contributed by atoms with Crippen molar-refractivity contribution in [2.45, 2.75) is 51.0 Å². The Hall–Kier alpha value is -1.39. The molecule has 0 amide bonds. The Labute approximate surface area is 112 Å². The molecule has 1 N–H and O–H groups in total. The van der Waals surface area contributed by atoms with Crippen molar-refractivity contribution in [1.82, 2.24) is 14.8 Å². The SMILES string of the molecule is Cc1ncn(C23C[C@@H]4C[C@H](CC(C(=O)O)(C4)C2)C3)n1. The summed E-state index contributed by atoms with van der Waals surface area (Å²) in [7, 11) is 0. The molecular weight excluding hydrogens is 242 g/mol. The van der Waals surface area contributed by atoms with E-state index in [4.69, 9.17) is 0 Å². The van der Waals surface area contributed by atoms with Gasteiger partial charge in [0.25, 0.3) is 0 Å². The van der Waals surface area contributed by atoms with Gasteiger partial charge in [-0.25, -0.2) is 9.67 Å². The molecule has 0 aromatic carbocycles. The predicted octanol–water partition coefficient (Wildman–Crippen LogP) is 1.97. The quantitative estimate of drug-likeness (QED) is 0.883. The third-order valence-electron chi connectivity index (χ3n) is 5.58. The lowest BCUT2D eigenvalue weighted by Crippen LogP contribution is -2.59. The van der Waals surface area contributed by atoms with E-state index in [1.54, 1.807) is 6.33 Å². The van der Waals surface area contributed by atoms with Gasteiger partial charge in [0.15, 0.2) is 0 Å². The number of aliphatic carboxylic acids is 1. The van der Waals surface area contributed by atoms with Gasteiger partial charge in [-0.05, 0) is 57.3 Å². The van der Waals surface area contributed by atoms with Crippen molar-refractivity contribution < 1.29 is 9.90 Å². The number of carboxylic acid groups (broad SMARTS) is 1. The second-order valence-corrected chi connectivity index (χ2v) is 7.01. The van der Waals surface area contributed by atoms with Gasteiger partial charge in [-0.15, -0.1) is 0 Å². The third-order valence-corrected chi connectivity index (χ3v) is 5.58. The van der Waals surface area contributed by atoms with Gasteiger partial charge in [-0.3, -0.25) is 4.79 Å². The number of carboxylic acids is 1. The maximum atomic E-state index is 11.8. The Morgan fingerprint density at radius 1 is 1.37 bits per heavy atom. The van der Waals surface area contributed by atoms with Crippen LogP contribution in [0.3, 0.4) is 0 Å². The topological polar surface area (TPSA) is 68.0 Å². The summed E-state index contributed by atoms with van der Waals surface area (Å²) < 4.78 is 1.98. The van der Waals surface area contributed by atoms with Gasteiger partial charge in [0.05, 0.1) is 11.0 Å². The van der Waals surface area contributed by atoms with Crippen molar-refractivity contribution in [2.24, 2.45) is 17.3 Å². The lowest BCUT2D eigenvalue weighted by Gasteiger charge is -2.60. The van der Waals surface area contributed by atoms with Crippen LogP contribution in [-0.4, -0.2) is 25.8 Å². The molecule has 0 saturated heterocycles. The molecule has 4 bridgehead atoms. The second-order valence-electron chi connectivity index (χ2n) is 7.01. The van der Waals surface area contributed by atoms with Crippen LogP contribution in [0.5, 0.6) is 0 Å². The number of aryl methyl sites for hydroxylation is 1. The first-order valence-electron chi connectivity index (χ1n) is 7.14. The molecule has 19 heavy (non-hydrogen) atoms. The Balaban J connectivity index is 1.80. The monoisotopic (exact) mass is 261 g/mol. The van der Waals surface area contributed by atoms with Crippen LogP contribution in [0.4, 0.5) is 0 Å². The molecule has 5 heteroatoms. The summed E-state index contributed by atoms with van der Waals surface area (Å²) in [4.78, 5) is 16.0. The van der Waals surface area contributed by atoms with E-state index in [0.29, 0.717) is 11.8 Å². The summed E-state index contributed by atoms with van der Waals surface area (Å²) in [6, 6.07) is 0. The summed E-state index contributed by atoms with van der Waals surface area (Å²) in [6.45, 7) is 1.89. The molecule has 0 unspecified atom stereocenters. The fourth-order valence-electron chi connectivity index (χ4n) is 5.31. The highest BCUT2D eigenvalue weighted by Crippen LogP contribution is 2.64. The van der Waals surface area contributed by atoms with Gasteiger partial charge >= 0.3 is 5.97 Å². The van der Waals surface area contributed by atoms with Crippen molar-refractivity contribution in [3.05, 3.63) is 12.2 Å². The van der Waals surface area contributed by atoms with Crippen molar-refractivity contribution in [3.63, 3.8) is 0 Å². The van der Waals surface area contributed by atoms with E-state index in [1.807, 2.05) is 11.6 Å². The maximum Gasteiger partial charge on any atom is 0.309 e. The first-order valence-corrected chi connectivity index (χ1v) is 7.14. The zero-order valence-electron chi connectivity index (χ0n) is 11.2. The summed E-state index contributed by atoms with van der Waals surface area (Å²) in [5, 5.41) is 14.2. The Kier molecular flexibility index (Phi) is 2.03. The van der Waals surface area contributed by atoms with Crippen LogP contribution in [-0.2, 0) is 10.3 Å². The average Bonchev–Trinajstić information content (AvgIpc) is 2.74. The van der Waals surface area contributed by atoms with Gasteiger partial charge in [0.1, 0.15) is 12.2 Å². The molecule has 5 rings (SSSR count). The molecule has 5 nitrogen and oxygen atoms in total. The van der Waals surface area contributed by atoms with Crippen LogP contribution in [0.15, 0.2) is 6.33 Å². The van der Waals surface area contributed by atoms with E-state index < -0.39 is 11.4 Å². The lowest BCUT2D eigenvalue weighted by atomic mass is 9.47. The van der Waals surface area contributed by atoms with E-state index in [0.717, 1.165) is 37.9 Å². The number of aromatic nitrogens is 3. The molecule has 0 spiro atoms. The van der Waals surface area contributed by atoms with Gasteiger partial charge in [-0.2, -0.15) is 5.10 Å². The molecule has 4 aliphatic carbocycles. The number of hydrogen-bond acceptors (Lipinski definition) is 3. The fraction of sp³-hybridized carbons (Fsp3) is 0.786. The number of rotatable bonds is 2. The van der Waals surface area contributed by atoms with Crippen molar-refractivity contribution in [3.8, 4) is 0 Å². The Bertz CT molecular complexity index is 537. The zero-order chi connectivity index (χ0) is 13.3. The molecule has 1 aromatic heterocycles. The van der Waals surface area contributed by atoms with E-state index in [1.165, 1.54) is 6.42 Å². The van der Waals surface area contributed by atoms with Crippen LogP contribution in [0, 0.1) is 24.2 Å². The minimum absolute atomic E-state index is 0.0796. The van der Waals surface area contributed by atoms with Crippen LogP contribution in [0.25, 0.3) is 0 Å². The molecule has 0 radical (unpaired) electrons. The summed E-state index contributed by atoms with van der Waals surface area (Å²) >= 11 is 0. The molecule has 4 saturated carbocycles. The first kappa shape index (κ1) is 11.4. The number of nitrogens with zero attached hydrogens (tertiary/aromatic N) is 3. The molecule has 4 aliphatic rings. The normalized spacial score (nSPS) is 43.6. The van der Waals surface area contributed by atoms with Crippen molar-refractivity contribution in [2.75, 3.05) is 0 Å². The predicted molar refractivity (Wildman–Crippen MR) is 67.5 cm³/mol. The average molecular weight is 261 g/mol. The Morgan fingerprint density at radius 3 is 2.58 bits per heavy atom. The number of carbonyl (C=O) groups is 1. The van der Waals surface area contributed by atoms with Gasteiger partial charge in [-0.1, -0.05) is 0 Å². The fourth-order valence-corrected chi connectivity index (χ4v) is 5.31. The summed E-state index contributed by atoms with van der Waals surface area (Å²) in [5.41, 5.74) is -0.576. The number of hydrogen-bond donors (Lipinski definition) is 1. The summed E-state index contributed by atoms with van der Waals surface area (Å²) in [6.07, 6.45) is 7.67. The molecule has 2 atom stereocenters. The minimum Gasteiger partial charge on any atom is -0.481 e. The van der Waals surface area contributed by atoms with Crippen LogP contribution < -0.4 is 0 Å². The molecule has 4 fully saturated rings. The highest BCUT2D eigenvalue weighted by Gasteiger charge is 2.62. The minimum atomic E-state index is -0.595. The standard InChI is InChI=1S/C14H19N3O2/c1-9-15-8-17(16-9)14-5-10-2-11(6-14)4-13(3-10,7-14)12(18)19/h8,10-11H,2-7H2,1H3,(H,18,19)/t10-,11-,13?,14?/m1/s1. The van der Waals surface area contributed by atoms with Gasteiger partial charge in [0, 0.05) is 0 Å². The molecule has 1 aromatic rings. The van der Waals surface area contributed by atoms with Gasteiger partial charge in [0.2, 0.25) is 0 Å². The van der Waals surface area contributed by atoms with Crippen LogP contribution in [0.2, 0.25) is 0 Å². The van der Waals surface area contributed by atoms with E-state index >= 15 is 0 Å². The van der Waals surface area contributed by atoms with Gasteiger partial charge < -0.3 is 5.11 Å². The highest BCUT2D eigenvalue weighted by molar-refractivity contribution is 5.75. The molecule has 102 valence electrons. The van der Waals surface area contributed by atoms with Crippen molar-refractivity contribution >= 4 is 5.97 Å². The first-order chi connectivity index (χ1) is 9.01. The highest BCUT2D eigenvalue weighted by atomic mass is 16.4. The molecule has 1 heterocycles. The lowest BCUT2D eigenvalue weighted by molar-refractivity contribution is -0.173. The summed E-state index contributed by atoms with van der Waals surface area (Å²) in [5.74, 6) is 1.30. The van der Waals surface area contributed by atoms with Crippen LogP contribution in [0.1, 0.15) is 44.3 Å². The van der Waals surface area contributed by atoms with Crippen LogP contribution >= 0.6 is 0 Å².